The maximum absolute atomic E-state index is 13.2. The molecule has 0 amide bonds. The van der Waals surface area contributed by atoms with Gasteiger partial charge in [0.05, 0.1) is 21.7 Å². The standard InChI is InChI=1S/C21H26ClNO4S2/c1-21(2,3)16-6-10-18(11-7-16)29(26,27)20-14-28(24,25)13-19(20)23-12-15-4-8-17(22)9-5-15/h4-11,19-20,23H,12-14H2,1-3H3/t19-,20-/m0/s1. The number of benzene rings is 2. The fourth-order valence-electron chi connectivity index (χ4n) is 3.48. The Morgan fingerprint density at radius 2 is 1.59 bits per heavy atom. The molecular weight excluding hydrogens is 430 g/mol. The number of hydrogen-bond donors (Lipinski definition) is 1. The van der Waals surface area contributed by atoms with E-state index < -0.39 is 31.0 Å². The third-order valence-electron chi connectivity index (χ3n) is 5.23. The van der Waals surface area contributed by atoms with Crippen molar-refractivity contribution in [3.63, 3.8) is 0 Å². The van der Waals surface area contributed by atoms with E-state index in [4.69, 9.17) is 11.6 Å². The molecule has 2 aromatic rings. The van der Waals surface area contributed by atoms with E-state index in [2.05, 4.69) is 26.1 Å². The van der Waals surface area contributed by atoms with Gasteiger partial charge in [0.25, 0.3) is 0 Å². The summed E-state index contributed by atoms with van der Waals surface area (Å²) < 4.78 is 51.0. The van der Waals surface area contributed by atoms with Crippen molar-refractivity contribution in [3.05, 3.63) is 64.7 Å². The van der Waals surface area contributed by atoms with Gasteiger partial charge in [0, 0.05) is 17.6 Å². The predicted octanol–water partition coefficient (Wildman–Crippen LogP) is 3.37. The Morgan fingerprint density at radius 3 is 2.14 bits per heavy atom. The third kappa shape index (κ3) is 5.20. The summed E-state index contributed by atoms with van der Waals surface area (Å²) in [7, 11) is -7.24. The molecule has 0 unspecified atom stereocenters. The van der Waals surface area contributed by atoms with E-state index >= 15 is 0 Å². The van der Waals surface area contributed by atoms with Gasteiger partial charge in [-0.3, -0.25) is 0 Å². The highest BCUT2D eigenvalue weighted by atomic mass is 35.5. The molecule has 0 spiro atoms. The molecule has 0 aromatic heterocycles. The Morgan fingerprint density at radius 1 is 1.00 bits per heavy atom. The van der Waals surface area contributed by atoms with Crippen molar-refractivity contribution in [1.29, 1.82) is 0 Å². The summed E-state index contributed by atoms with van der Waals surface area (Å²) in [6.07, 6.45) is 0. The minimum absolute atomic E-state index is 0.0956. The van der Waals surface area contributed by atoms with Gasteiger partial charge in [0.15, 0.2) is 19.7 Å². The molecule has 1 aliphatic heterocycles. The zero-order valence-corrected chi connectivity index (χ0v) is 19.1. The summed E-state index contributed by atoms with van der Waals surface area (Å²) >= 11 is 5.89. The molecule has 1 saturated heterocycles. The van der Waals surface area contributed by atoms with E-state index in [1.165, 1.54) is 0 Å². The SMILES string of the molecule is CC(C)(C)c1ccc(S(=O)(=O)[C@H]2CS(=O)(=O)C[C@@H]2NCc2ccc(Cl)cc2)cc1. The molecule has 1 fully saturated rings. The van der Waals surface area contributed by atoms with Crippen LogP contribution in [0.3, 0.4) is 0 Å². The van der Waals surface area contributed by atoms with Crippen LogP contribution in [-0.2, 0) is 31.6 Å². The first-order chi connectivity index (χ1) is 13.4. The quantitative estimate of drug-likeness (QED) is 0.747. The van der Waals surface area contributed by atoms with Crippen molar-refractivity contribution in [1.82, 2.24) is 5.32 Å². The van der Waals surface area contributed by atoms with Gasteiger partial charge in [0.1, 0.15) is 0 Å². The third-order valence-corrected chi connectivity index (χ3v) is 9.65. The zero-order chi connectivity index (χ0) is 21.4. The van der Waals surface area contributed by atoms with Crippen LogP contribution in [0.4, 0.5) is 0 Å². The monoisotopic (exact) mass is 455 g/mol. The van der Waals surface area contributed by atoms with E-state index in [1.807, 2.05) is 12.1 Å². The average molecular weight is 456 g/mol. The van der Waals surface area contributed by atoms with Gasteiger partial charge < -0.3 is 5.32 Å². The van der Waals surface area contributed by atoms with Gasteiger partial charge in [-0.25, -0.2) is 16.8 Å². The molecule has 1 N–H and O–H groups in total. The number of halogens is 1. The topological polar surface area (TPSA) is 80.3 Å². The van der Waals surface area contributed by atoms with Crippen LogP contribution in [0.25, 0.3) is 0 Å². The number of rotatable bonds is 5. The lowest BCUT2D eigenvalue weighted by Crippen LogP contribution is -2.43. The highest BCUT2D eigenvalue weighted by molar-refractivity contribution is 7.96. The normalized spacial score (nSPS) is 21.9. The molecule has 0 bridgehead atoms. The van der Waals surface area contributed by atoms with Gasteiger partial charge >= 0.3 is 0 Å². The molecule has 3 rings (SSSR count). The summed E-state index contributed by atoms with van der Waals surface area (Å²) in [6.45, 7) is 6.52. The number of sulfone groups is 2. The summed E-state index contributed by atoms with van der Waals surface area (Å²) in [4.78, 5) is 0.158. The van der Waals surface area contributed by atoms with E-state index in [9.17, 15) is 16.8 Å². The van der Waals surface area contributed by atoms with Gasteiger partial charge in [-0.15, -0.1) is 0 Å². The van der Waals surface area contributed by atoms with Crippen LogP contribution in [-0.4, -0.2) is 39.6 Å². The maximum atomic E-state index is 13.2. The Labute approximate surface area is 178 Å². The molecule has 158 valence electrons. The molecule has 29 heavy (non-hydrogen) atoms. The predicted molar refractivity (Wildman–Crippen MR) is 117 cm³/mol. The molecule has 0 saturated carbocycles. The Hall–Kier alpha value is -1.41. The number of nitrogens with one attached hydrogen (secondary N) is 1. The van der Waals surface area contributed by atoms with Crippen LogP contribution in [0.15, 0.2) is 53.4 Å². The van der Waals surface area contributed by atoms with E-state index in [0.29, 0.717) is 11.6 Å². The van der Waals surface area contributed by atoms with Crippen molar-refractivity contribution >= 4 is 31.3 Å². The molecule has 2 atom stereocenters. The van der Waals surface area contributed by atoms with Crippen LogP contribution < -0.4 is 5.32 Å². The smallest absolute Gasteiger partial charge is 0.183 e. The highest BCUT2D eigenvalue weighted by Gasteiger charge is 2.45. The molecule has 5 nitrogen and oxygen atoms in total. The van der Waals surface area contributed by atoms with E-state index in [1.54, 1.807) is 36.4 Å². The lowest BCUT2D eigenvalue weighted by molar-refractivity contribution is 0.526. The van der Waals surface area contributed by atoms with Crippen molar-refractivity contribution in [3.8, 4) is 0 Å². The first-order valence-corrected chi connectivity index (χ1v) is 13.2. The van der Waals surface area contributed by atoms with Crippen LogP contribution in [0, 0.1) is 0 Å². The average Bonchev–Trinajstić information content (AvgIpc) is 2.96. The minimum atomic E-state index is -3.80. The van der Waals surface area contributed by atoms with Gasteiger partial charge in [-0.05, 0) is 40.8 Å². The lowest BCUT2D eigenvalue weighted by Gasteiger charge is -2.22. The second-order valence-corrected chi connectivity index (χ2v) is 13.3. The Bertz CT molecular complexity index is 1070. The van der Waals surface area contributed by atoms with Gasteiger partial charge in [0.2, 0.25) is 0 Å². The Balaban J connectivity index is 1.84. The second-order valence-electron chi connectivity index (χ2n) is 8.55. The van der Waals surface area contributed by atoms with E-state index in [-0.39, 0.29) is 21.8 Å². The molecule has 0 radical (unpaired) electrons. The van der Waals surface area contributed by atoms with Gasteiger partial charge in [-0.2, -0.15) is 0 Å². The number of hydrogen-bond acceptors (Lipinski definition) is 5. The maximum Gasteiger partial charge on any atom is 0.183 e. The molecular formula is C21H26ClNO4S2. The Kier molecular flexibility index (Phi) is 6.16. The molecule has 2 aromatic carbocycles. The summed E-state index contributed by atoms with van der Waals surface area (Å²) in [5.41, 5.74) is 1.83. The van der Waals surface area contributed by atoms with Crippen LogP contribution in [0.5, 0.6) is 0 Å². The fraction of sp³-hybridized carbons (Fsp3) is 0.429. The molecule has 1 aliphatic rings. The van der Waals surface area contributed by atoms with Crippen LogP contribution in [0.2, 0.25) is 5.02 Å². The lowest BCUT2D eigenvalue weighted by atomic mass is 9.87. The molecule has 1 heterocycles. The van der Waals surface area contributed by atoms with Crippen molar-refractivity contribution in [2.45, 2.75) is 48.9 Å². The highest BCUT2D eigenvalue weighted by Crippen LogP contribution is 2.29. The largest absolute Gasteiger partial charge is 0.308 e. The minimum Gasteiger partial charge on any atom is -0.308 e. The van der Waals surface area contributed by atoms with Crippen LogP contribution >= 0.6 is 11.6 Å². The second kappa shape index (κ2) is 8.02. The fourth-order valence-corrected chi connectivity index (χ4v) is 8.32. The summed E-state index contributed by atoms with van der Waals surface area (Å²) in [6, 6.07) is 13.2. The summed E-state index contributed by atoms with van der Waals surface area (Å²) in [5, 5.41) is 2.73. The van der Waals surface area contributed by atoms with Gasteiger partial charge in [-0.1, -0.05) is 56.6 Å². The zero-order valence-electron chi connectivity index (χ0n) is 16.7. The molecule has 0 aliphatic carbocycles. The first kappa shape index (κ1) is 22.3. The van der Waals surface area contributed by atoms with Crippen molar-refractivity contribution < 1.29 is 16.8 Å². The first-order valence-electron chi connectivity index (χ1n) is 9.41. The van der Waals surface area contributed by atoms with Crippen molar-refractivity contribution in [2.24, 2.45) is 0 Å². The van der Waals surface area contributed by atoms with Crippen LogP contribution in [0.1, 0.15) is 31.9 Å². The molecule has 8 heteroatoms. The summed E-state index contributed by atoms with van der Waals surface area (Å²) in [5.74, 6) is -0.556. The van der Waals surface area contributed by atoms with Crippen molar-refractivity contribution in [2.75, 3.05) is 11.5 Å². The van der Waals surface area contributed by atoms with E-state index in [0.717, 1.165) is 11.1 Å².